The molecule has 0 spiro atoms. The Morgan fingerprint density at radius 2 is 1.39 bits per heavy atom. The summed E-state index contributed by atoms with van der Waals surface area (Å²) in [7, 11) is -3.56. The van der Waals surface area contributed by atoms with Crippen molar-refractivity contribution in [1.82, 2.24) is 9.79 Å². The molecule has 1 aromatic heterocycles. The molecule has 0 atom stereocenters. The molecule has 6 rings (SSSR count). The number of sulfonamides is 1. The molecule has 1 amide bonds. The van der Waals surface area contributed by atoms with E-state index in [2.05, 4.69) is 53.4 Å². The van der Waals surface area contributed by atoms with Crippen LogP contribution in [0.15, 0.2) is 94.4 Å². The fourth-order valence-electron chi connectivity index (χ4n) is 4.77. The summed E-state index contributed by atoms with van der Waals surface area (Å²) < 4.78 is 33.2. The predicted octanol–water partition coefficient (Wildman–Crippen LogP) is 4.76. The van der Waals surface area contributed by atoms with Crippen molar-refractivity contribution in [1.29, 1.82) is 0 Å². The minimum absolute atomic E-state index is 0. The van der Waals surface area contributed by atoms with Gasteiger partial charge in [-0.25, -0.2) is 13.9 Å². The van der Waals surface area contributed by atoms with Crippen molar-refractivity contribution < 1.29 is 22.8 Å². The van der Waals surface area contributed by atoms with Crippen LogP contribution in [-0.4, -0.2) is 30.9 Å². The average molecular weight is 554 g/mol. The second-order valence-electron chi connectivity index (χ2n) is 8.90. The molecule has 0 fully saturated rings. The highest BCUT2D eigenvalue weighted by Crippen LogP contribution is 2.31. The van der Waals surface area contributed by atoms with E-state index < -0.39 is 10.0 Å². The predicted molar refractivity (Wildman–Crippen MR) is 146 cm³/mol. The molecule has 4 aromatic rings. The third kappa shape index (κ3) is 5.61. The van der Waals surface area contributed by atoms with Gasteiger partial charge in [-0.2, -0.15) is 4.31 Å². The van der Waals surface area contributed by atoms with Gasteiger partial charge in [0.15, 0.2) is 0 Å². The number of hydrogen-bond donors (Lipinski definition) is 2. The van der Waals surface area contributed by atoms with Crippen molar-refractivity contribution in [3.05, 3.63) is 108 Å². The van der Waals surface area contributed by atoms with Gasteiger partial charge in [-0.15, -0.1) is 12.4 Å². The number of amides is 1. The number of nitrogens with one attached hydrogen (secondary N) is 1. The molecule has 0 bridgehead atoms. The number of carbonyl (C=O) groups is 1. The molecule has 0 unspecified atom stereocenters. The number of furan rings is 1. The van der Waals surface area contributed by atoms with Gasteiger partial charge in [-0.3, -0.25) is 10.0 Å². The Balaban J connectivity index is 0.000000630. The number of carbonyl (C=O) groups excluding carboxylic acids is 1. The van der Waals surface area contributed by atoms with Crippen LogP contribution in [0.1, 0.15) is 22.5 Å². The number of hydroxylamine groups is 1. The van der Waals surface area contributed by atoms with Gasteiger partial charge in [-0.1, -0.05) is 48.5 Å². The van der Waals surface area contributed by atoms with Crippen LogP contribution >= 0.6 is 12.4 Å². The molecule has 10 heteroatoms. The summed E-state index contributed by atoms with van der Waals surface area (Å²) in [4.78, 5) is 11.5. The number of anilines is 1. The van der Waals surface area contributed by atoms with Gasteiger partial charge < -0.3 is 9.32 Å². The van der Waals surface area contributed by atoms with E-state index in [0.29, 0.717) is 17.9 Å². The number of nitrogens with zero attached hydrogens (tertiary/aromatic N) is 2. The zero-order chi connectivity index (χ0) is 25.8. The van der Waals surface area contributed by atoms with Crippen LogP contribution in [-0.2, 0) is 40.9 Å². The SMILES string of the molecule is Cl.O=CNO.O=S(=O)(c1ccc(-c2ccc(N3Cc4ccccc4C3)cc2)cc1)N1CCc2ccoc2C1. The standard InChI is InChI=1S/C27H24N2O3S.CH3NO2.ClH/c30-33(31,29-15-13-22-14-16-32-27(22)19-29)26-11-7-21(8-12-26)20-5-9-25(10-6-20)28-17-23-3-1-2-4-24(23)18-28;3-1-2-4;/h1-12,14,16H,13,15,17-19H2;1,4H,(H,2,3);1H. The molecule has 3 heterocycles. The topological polar surface area (TPSA) is 103 Å². The summed E-state index contributed by atoms with van der Waals surface area (Å²) in [5.74, 6) is 0.739. The van der Waals surface area contributed by atoms with Gasteiger partial charge in [-0.05, 0) is 64.6 Å². The van der Waals surface area contributed by atoms with E-state index in [1.54, 1.807) is 18.4 Å². The summed E-state index contributed by atoms with van der Waals surface area (Å²) in [6, 6.07) is 26.1. The Labute approximate surface area is 227 Å². The minimum atomic E-state index is -3.56. The van der Waals surface area contributed by atoms with E-state index in [4.69, 9.17) is 14.4 Å². The first kappa shape index (κ1) is 27.4. The zero-order valence-corrected chi connectivity index (χ0v) is 22.1. The lowest BCUT2D eigenvalue weighted by Gasteiger charge is -2.25. The number of rotatable bonds is 5. The maximum atomic E-state index is 13.1. The Hall–Kier alpha value is -3.63. The van der Waals surface area contributed by atoms with Gasteiger partial charge in [0, 0.05) is 25.3 Å². The first-order valence-electron chi connectivity index (χ1n) is 11.9. The van der Waals surface area contributed by atoms with Crippen molar-refractivity contribution >= 4 is 34.5 Å². The van der Waals surface area contributed by atoms with E-state index in [1.165, 1.54) is 26.6 Å². The van der Waals surface area contributed by atoms with Crippen molar-refractivity contribution in [3.8, 4) is 11.1 Å². The normalized spacial score (nSPS) is 14.4. The maximum absolute atomic E-state index is 13.1. The lowest BCUT2D eigenvalue weighted by Crippen LogP contribution is -2.35. The Kier molecular flexibility index (Phi) is 8.53. The molecule has 0 radical (unpaired) electrons. The molecule has 0 saturated heterocycles. The smallest absolute Gasteiger partial charge is 0.243 e. The second kappa shape index (κ2) is 11.8. The number of halogens is 1. The van der Waals surface area contributed by atoms with Gasteiger partial charge >= 0.3 is 0 Å². The average Bonchev–Trinajstić information content (AvgIpc) is 3.60. The van der Waals surface area contributed by atoms with Crippen molar-refractivity contribution in [2.24, 2.45) is 0 Å². The van der Waals surface area contributed by atoms with Crippen LogP contribution < -0.4 is 10.4 Å². The number of benzene rings is 3. The van der Waals surface area contributed by atoms with Crippen LogP contribution in [0.25, 0.3) is 11.1 Å². The van der Waals surface area contributed by atoms with Crippen LogP contribution in [0, 0.1) is 0 Å². The maximum Gasteiger partial charge on any atom is 0.243 e. The zero-order valence-electron chi connectivity index (χ0n) is 20.5. The van der Waals surface area contributed by atoms with Crippen molar-refractivity contribution in [2.75, 3.05) is 11.4 Å². The quantitative estimate of drug-likeness (QED) is 0.210. The monoisotopic (exact) mass is 553 g/mol. The van der Waals surface area contributed by atoms with Crippen LogP contribution in [0.5, 0.6) is 0 Å². The molecule has 0 saturated carbocycles. The molecular weight excluding hydrogens is 526 g/mol. The third-order valence-corrected chi connectivity index (χ3v) is 8.60. The third-order valence-electron chi connectivity index (χ3n) is 6.74. The van der Waals surface area contributed by atoms with Gasteiger partial charge in [0.25, 0.3) is 0 Å². The fraction of sp³-hybridized carbons (Fsp3) is 0.179. The molecule has 2 N–H and O–H groups in total. The Bertz CT molecular complexity index is 1460. The highest BCUT2D eigenvalue weighted by Gasteiger charge is 2.29. The molecule has 8 nitrogen and oxygen atoms in total. The van der Waals surface area contributed by atoms with E-state index in [-0.39, 0.29) is 25.4 Å². The van der Waals surface area contributed by atoms with Gasteiger partial charge in [0.2, 0.25) is 16.4 Å². The molecule has 0 aliphatic carbocycles. The number of hydrogen-bond acceptors (Lipinski definition) is 6. The van der Waals surface area contributed by atoms with Gasteiger partial charge in [0.1, 0.15) is 5.76 Å². The fourth-order valence-corrected chi connectivity index (χ4v) is 6.16. The largest absolute Gasteiger partial charge is 0.468 e. The highest BCUT2D eigenvalue weighted by atomic mass is 35.5. The lowest BCUT2D eigenvalue weighted by molar-refractivity contribution is -0.116. The minimum Gasteiger partial charge on any atom is -0.468 e. The van der Waals surface area contributed by atoms with Crippen molar-refractivity contribution in [3.63, 3.8) is 0 Å². The second-order valence-corrected chi connectivity index (χ2v) is 10.8. The van der Waals surface area contributed by atoms with E-state index >= 15 is 0 Å². The number of fused-ring (bicyclic) bond motifs is 2. The van der Waals surface area contributed by atoms with E-state index in [1.807, 2.05) is 18.2 Å². The van der Waals surface area contributed by atoms with E-state index in [0.717, 1.165) is 35.5 Å². The van der Waals surface area contributed by atoms with Gasteiger partial charge in [0.05, 0.1) is 17.7 Å². The summed E-state index contributed by atoms with van der Waals surface area (Å²) >= 11 is 0. The molecule has 2 aliphatic heterocycles. The van der Waals surface area contributed by atoms with Crippen LogP contribution in [0.2, 0.25) is 0 Å². The molecule has 2 aliphatic rings. The summed E-state index contributed by atoms with van der Waals surface area (Å²) in [5, 5.41) is 7.26. The first-order chi connectivity index (χ1) is 18.0. The molecular formula is C28H28ClN3O5S. The molecule has 38 heavy (non-hydrogen) atoms. The first-order valence-corrected chi connectivity index (χ1v) is 13.3. The van der Waals surface area contributed by atoms with Crippen LogP contribution in [0.3, 0.4) is 0 Å². The molecule has 3 aromatic carbocycles. The summed E-state index contributed by atoms with van der Waals surface area (Å²) in [6.45, 7) is 2.61. The lowest BCUT2D eigenvalue weighted by atomic mass is 10.1. The Morgan fingerprint density at radius 3 is 1.97 bits per heavy atom. The summed E-state index contributed by atoms with van der Waals surface area (Å²) in [5.41, 5.74) is 8.37. The highest BCUT2D eigenvalue weighted by molar-refractivity contribution is 7.89. The Morgan fingerprint density at radius 1 is 0.816 bits per heavy atom. The van der Waals surface area contributed by atoms with Crippen molar-refractivity contribution in [2.45, 2.75) is 31.0 Å². The van der Waals surface area contributed by atoms with Crippen LogP contribution in [0.4, 0.5) is 5.69 Å². The molecule has 198 valence electrons. The summed E-state index contributed by atoms with van der Waals surface area (Å²) in [6.07, 6.45) is 2.49. The van der Waals surface area contributed by atoms with E-state index in [9.17, 15) is 8.42 Å².